The van der Waals surface area contributed by atoms with Gasteiger partial charge in [0, 0.05) is 11.6 Å². The molecule has 0 atom stereocenters. The number of rotatable bonds is 1. The van der Waals surface area contributed by atoms with Crippen LogP contribution in [0.2, 0.25) is 0 Å². The van der Waals surface area contributed by atoms with E-state index in [0.29, 0.717) is 6.07 Å². The molecule has 0 unspecified atom stereocenters. The van der Waals surface area contributed by atoms with Gasteiger partial charge in [-0.25, -0.2) is 14.8 Å². The van der Waals surface area contributed by atoms with Crippen LogP contribution in [-0.2, 0) is 6.18 Å². The van der Waals surface area contributed by atoms with Crippen LogP contribution in [0.15, 0.2) is 24.7 Å². The summed E-state index contributed by atoms with van der Waals surface area (Å²) in [5.74, 6) is -1.32. The predicted molar refractivity (Wildman–Crippen MR) is 51.5 cm³/mol. The molecule has 0 aliphatic carbocycles. The van der Waals surface area contributed by atoms with E-state index in [1.807, 2.05) is 0 Å². The standard InChI is InChI=1S/C10H5F3N2O2/c11-10(12,13)7-2-1-5(9(16)17)6-3-14-4-15-8(6)7/h1-4H,(H,16,17). The Morgan fingerprint density at radius 3 is 2.59 bits per heavy atom. The number of carbonyl (C=O) groups is 1. The number of alkyl halides is 3. The summed E-state index contributed by atoms with van der Waals surface area (Å²) >= 11 is 0. The summed E-state index contributed by atoms with van der Waals surface area (Å²) in [6, 6.07) is 1.61. The molecule has 0 saturated heterocycles. The molecule has 1 N–H and O–H groups in total. The summed E-state index contributed by atoms with van der Waals surface area (Å²) in [6.07, 6.45) is -2.58. The highest BCUT2D eigenvalue weighted by molar-refractivity contribution is 6.03. The fraction of sp³-hybridized carbons (Fsp3) is 0.100. The maximum atomic E-state index is 12.6. The fourth-order valence-corrected chi connectivity index (χ4v) is 1.49. The van der Waals surface area contributed by atoms with E-state index >= 15 is 0 Å². The van der Waals surface area contributed by atoms with Gasteiger partial charge in [0.05, 0.1) is 16.6 Å². The van der Waals surface area contributed by atoms with Crippen LogP contribution in [0.3, 0.4) is 0 Å². The fourth-order valence-electron chi connectivity index (χ4n) is 1.49. The van der Waals surface area contributed by atoms with E-state index in [9.17, 15) is 18.0 Å². The van der Waals surface area contributed by atoms with Gasteiger partial charge in [-0.3, -0.25) is 0 Å². The molecule has 0 bridgehead atoms. The third kappa shape index (κ3) is 1.91. The summed E-state index contributed by atoms with van der Waals surface area (Å²) < 4.78 is 37.9. The first kappa shape index (κ1) is 11.3. The maximum absolute atomic E-state index is 12.6. The van der Waals surface area contributed by atoms with Crippen molar-refractivity contribution in [1.82, 2.24) is 9.97 Å². The van der Waals surface area contributed by atoms with Gasteiger partial charge in [0.2, 0.25) is 0 Å². The quantitative estimate of drug-likeness (QED) is 0.833. The topological polar surface area (TPSA) is 63.1 Å². The molecule has 17 heavy (non-hydrogen) atoms. The van der Waals surface area contributed by atoms with Crippen LogP contribution in [0, 0.1) is 0 Å². The number of halogens is 3. The van der Waals surface area contributed by atoms with Crippen molar-refractivity contribution in [3.63, 3.8) is 0 Å². The lowest BCUT2D eigenvalue weighted by atomic mass is 10.0. The molecule has 2 aromatic rings. The smallest absolute Gasteiger partial charge is 0.418 e. The molecule has 0 radical (unpaired) electrons. The number of aromatic carboxylic acids is 1. The largest absolute Gasteiger partial charge is 0.478 e. The number of hydrogen-bond acceptors (Lipinski definition) is 3. The van der Waals surface area contributed by atoms with Crippen LogP contribution in [0.1, 0.15) is 15.9 Å². The van der Waals surface area contributed by atoms with Crippen molar-refractivity contribution in [2.24, 2.45) is 0 Å². The first-order valence-corrected chi connectivity index (χ1v) is 4.44. The van der Waals surface area contributed by atoms with Gasteiger partial charge in [-0.2, -0.15) is 13.2 Å². The number of benzene rings is 1. The van der Waals surface area contributed by atoms with Crippen molar-refractivity contribution in [3.05, 3.63) is 35.8 Å². The van der Waals surface area contributed by atoms with Gasteiger partial charge in [-0.05, 0) is 12.1 Å². The van der Waals surface area contributed by atoms with Gasteiger partial charge in [-0.1, -0.05) is 0 Å². The van der Waals surface area contributed by atoms with Crippen molar-refractivity contribution in [1.29, 1.82) is 0 Å². The minimum Gasteiger partial charge on any atom is -0.478 e. The van der Waals surface area contributed by atoms with Crippen LogP contribution in [-0.4, -0.2) is 21.0 Å². The van der Waals surface area contributed by atoms with Crippen molar-refractivity contribution >= 4 is 16.9 Å². The first-order chi connectivity index (χ1) is 7.91. The average Bonchev–Trinajstić information content (AvgIpc) is 2.26. The van der Waals surface area contributed by atoms with Gasteiger partial charge in [0.1, 0.15) is 6.33 Å². The highest BCUT2D eigenvalue weighted by Crippen LogP contribution is 2.34. The number of carboxylic acids is 1. The van der Waals surface area contributed by atoms with Gasteiger partial charge in [0.25, 0.3) is 0 Å². The highest BCUT2D eigenvalue weighted by Gasteiger charge is 2.34. The molecule has 88 valence electrons. The van der Waals surface area contributed by atoms with E-state index in [0.717, 1.165) is 18.6 Å². The first-order valence-electron chi connectivity index (χ1n) is 4.44. The number of aromatic nitrogens is 2. The molecule has 0 saturated carbocycles. The molecular weight excluding hydrogens is 237 g/mol. The number of fused-ring (bicyclic) bond motifs is 1. The molecule has 4 nitrogen and oxygen atoms in total. The van der Waals surface area contributed by atoms with Crippen LogP contribution < -0.4 is 0 Å². The van der Waals surface area contributed by atoms with Gasteiger partial charge in [0.15, 0.2) is 0 Å². The van der Waals surface area contributed by atoms with E-state index in [4.69, 9.17) is 5.11 Å². The van der Waals surface area contributed by atoms with Crippen molar-refractivity contribution in [2.75, 3.05) is 0 Å². The number of carboxylic acid groups (broad SMARTS) is 1. The molecule has 0 fully saturated rings. The molecule has 1 heterocycles. The van der Waals surface area contributed by atoms with Crippen LogP contribution in [0.5, 0.6) is 0 Å². The third-order valence-corrected chi connectivity index (χ3v) is 2.21. The minimum atomic E-state index is -4.58. The summed E-state index contributed by atoms with van der Waals surface area (Å²) in [4.78, 5) is 17.9. The number of hydrogen-bond donors (Lipinski definition) is 1. The summed E-state index contributed by atoms with van der Waals surface area (Å²) in [5.41, 5.74) is -1.64. The third-order valence-electron chi connectivity index (χ3n) is 2.21. The van der Waals surface area contributed by atoms with Crippen molar-refractivity contribution < 1.29 is 23.1 Å². The second-order valence-corrected chi connectivity index (χ2v) is 3.25. The van der Waals surface area contributed by atoms with Crippen LogP contribution in [0.4, 0.5) is 13.2 Å². The monoisotopic (exact) mass is 242 g/mol. The van der Waals surface area contributed by atoms with E-state index in [1.165, 1.54) is 0 Å². The zero-order valence-electron chi connectivity index (χ0n) is 8.19. The molecule has 1 aromatic carbocycles. The SMILES string of the molecule is O=C(O)c1ccc(C(F)(F)F)c2ncncc12. The Labute approximate surface area is 92.7 Å². The van der Waals surface area contributed by atoms with E-state index in [1.54, 1.807) is 0 Å². The highest BCUT2D eigenvalue weighted by atomic mass is 19.4. The maximum Gasteiger partial charge on any atom is 0.418 e. The Hall–Kier alpha value is -2.18. The Kier molecular flexibility index (Phi) is 2.45. The molecule has 0 spiro atoms. The zero-order chi connectivity index (χ0) is 12.6. The summed E-state index contributed by atoms with van der Waals surface area (Å²) in [7, 11) is 0. The summed E-state index contributed by atoms with van der Waals surface area (Å²) in [6.45, 7) is 0. The van der Waals surface area contributed by atoms with Crippen molar-refractivity contribution in [3.8, 4) is 0 Å². The molecular formula is C10H5F3N2O2. The second-order valence-electron chi connectivity index (χ2n) is 3.25. The molecule has 7 heteroatoms. The lowest BCUT2D eigenvalue weighted by molar-refractivity contribution is -0.136. The zero-order valence-corrected chi connectivity index (χ0v) is 8.19. The lowest BCUT2D eigenvalue weighted by Gasteiger charge is -2.10. The Bertz CT molecular complexity index is 596. The Morgan fingerprint density at radius 1 is 1.29 bits per heavy atom. The molecule has 0 aliphatic heterocycles. The minimum absolute atomic E-state index is 0.130. The Morgan fingerprint density at radius 2 is 2.00 bits per heavy atom. The van der Waals surface area contributed by atoms with Gasteiger partial charge in [-0.15, -0.1) is 0 Å². The molecule has 0 amide bonds. The molecule has 2 rings (SSSR count). The second kappa shape index (κ2) is 3.69. The van der Waals surface area contributed by atoms with E-state index in [-0.39, 0.29) is 10.9 Å². The summed E-state index contributed by atoms with van der Waals surface area (Å²) in [5, 5.41) is 8.71. The van der Waals surface area contributed by atoms with Crippen LogP contribution in [0.25, 0.3) is 10.9 Å². The average molecular weight is 242 g/mol. The predicted octanol–water partition coefficient (Wildman–Crippen LogP) is 2.35. The van der Waals surface area contributed by atoms with Crippen molar-refractivity contribution in [2.45, 2.75) is 6.18 Å². The normalized spacial score (nSPS) is 11.7. The number of nitrogens with zero attached hydrogens (tertiary/aromatic N) is 2. The molecule has 0 aliphatic rings. The Balaban J connectivity index is 2.85. The van der Waals surface area contributed by atoms with Crippen LogP contribution >= 0.6 is 0 Å². The lowest BCUT2D eigenvalue weighted by Crippen LogP contribution is -2.09. The molecule has 1 aromatic heterocycles. The van der Waals surface area contributed by atoms with Gasteiger partial charge >= 0.3 is 12.1 Å². The van der Waals surface area contributed by atoms with Gasteiger partial charge < -0.3 is 5.11 Å². The van der Waals surface area contributed by atoms with E-state index in [2.05, 4.69) is 9.97 Å². The van der Waals surface area contributed by atoms with E-state index < -0.39 is 23.2 Å².